The van der Waals surface area contributed by atoms with Crippen molar-refractivity contribution in [1.82, 2.24) is 14.5 Å². The summed E-state index contributed by atoms with van der Waals surface area (Å²) in [5.41, 5.74) is 7.51. The fourth-order valence-corrected chi connectivity index (χ4v) is 2.68. The second kappa shape index (κ2) is 4.66. The first-order valence-electron chi connectivity index (χ1n) is 6.66. The van der Waals surface area contributed by atoms with E-state index in [1.165, 1.54) is 0 Å². The first-order chi connectivity index (χ1) is 9.90. The van der Waals surface area contributed by atoms with Gasteiger partial charge in [0.25, 0.3) is 0 Å². The Bertz CT molecular complexity index is 907. The Morgan fingerprint density at radius 1 is 1.43 bits per heavy atom. The molecule has 5 nitrogen and oxygen atoms in total. The number of nitrogens with two attached hydrogens (primary N) is 1. The number of aromatic amines is 1. The number of aromatic nitrogens is 3. The summed E-state index contributed by atoms with van der Waals surface area (Å²) in [5, 5.41) is 1.00. The zero-order valence-electron chi connectivity index (χ0n) is 11.9. The molecular weight excluding hydrogens is 284 g/mol. The van der Waals surface area contributed by atoms with Crippen molar-refractivity contribution in [3.05, 3.63) is 35.2 Å². The fourth-order valence-electron chi connectivity index (χ4n) is 2.42. The summed E-state index contributed by atoms with van der Waals surface area (Å²) in [6.07, 6.45) is 1.77. The number of H-pyrrole nitrogens is 1. The Kier molecular flexibility index (Phi) is 3.06. The number of rotatable bonds is 3. The van der Waals surface area contributed by atoms with Gasteiger partial charge in [-0.05, 0) is 32.1 Å². The molecule has 6 heteroatoms. The van der Waals surface area contributed by atoms with Crippen molar-refractivity contribution in [3.63, 3.8) is 0 Å². The van der Waals surface area contributed by atoms with Gasteiger partial charge in [-0.15, -0.1) is 0 Å². The van der Waals surface area contributed by atoms with Crippen molar-refractivity contribution in [2.75, 3.05) is 0 Å². The van der Waals surface area contributed by atoms with E-state index >= 15 is 0 Å². The predicted octanol–water partition coefficient (Wildman–Crippen LogP) is 2.76. The van der Waals surface area contributed by atoms with E-state index < -0.39 is 5.41 Å². The summed E-state index contributed by atoms with van der Waals surface area (Å²) in [7, 11) is 0. The molecule has 2 aromatic heterocycles. The van der Waals surface area contributed by atoms with Gasteiger partial charge in [-0.25, -0.2) is 0 Å². The Labute approximate surface area is 126 Å². The maximum Gasteiger partial charge on any atom is 0.224 e. The van der Waals surface area contributed by atoms with Crippen LogP contribution in [0.4, 0.5) is 0 Å². The molecule has 0 aliphatic heterocycles. The van der Waals surface area contributed by atoms with Crippen LogP contribution in [-0.2, 0) is 11.3 Å². The molecule has 0 atom stereocenters. The fraction of sp³-hybridized carbons (Fsp3) is 0.267. The minimum Gasteiger partial charge on any atom is -0.369 e. The molecule has 3 rings (SSSR count). The topological polar surface area (TPSA) is 76.7 Å². The lowest BCUT2D eigenvalue weighted by molar-refractivity contribution is -0.126. The van der Waals surface area contributed by atoms with Gasteiger partial charge in [-0.2, -0.15) is 0 Å². The van der Waals surface area contributed by atoms with Crippen LogP contribution in [0.15, 0.2) is 30.5 Å². The highest BCUT2D eigenvalue weighted by Crippen LogP contribution is 2.27. The molecule has 21 heavy (non-hydrogen) atoms. The molecule has 1 amide bonds. The van der Waals surface area contributed by atoms with Crippen LogP contribution in [0.3, 0.4) is 0 Å². The molecule has 0 aliphatic rings. The molecule has 0 bridgehead atoms. The summed E-state index contributed by atoms with van der Waals surface area (Å²) in [6, 6.07) is 7.86. The SMILES string of the molecule is CC(C)(Cn1c(=S)[nH]c2cnc3ccccc3c21)C(N)=O. The molecule has 0 spiro atoms. The van der Waals surface area contributed by atoms with Crippen LogP contribution < -0.4 is 5.73 Å². The van der Waals surface area contributed by atoms with Crippen molar-refractivity contribution in [1.29, 1.82) is 0 Å². The van der Waals surface area contributed by atoms with Gasteiger partial charge in [-0.3, -0.25) is 9.78 Å². The van der Waals surface area contributed by atoms with Gasteiger partial charge >= 0.3 is 0 Å². The number of hydrogen-bond acceptors (Lipinski definition) is 3. The summed E-state index contributed by atoms with van der Waals surface area (Å²) in [4.78, 5) is 19.2. The largest absolute Gasteiger partial charge is 0.369 e. The maximum atomic E-state index is 11.6. The molecule has 0 radical (unpaired) electrons. The molecule has 1 aromatic carbocycles. The second-order valence-corrected chi connectivity index (χ2v) is 6.19. The van der Waals surface area contributed by atoms with Crippen LogP contribution in [0.25, 0.3) is 21.9 Å². The van der Waals surface area contributed by atoms with Crippen LogP contribution in [0.5, 0.6) is 0 Å². The van der Waals surface area contributed by atoms with Crippen molar-refractivity contribution >= 4 is 40.1 Å². The molecule has 0 saturated heterocycles. The average molecular weight is 300 g/mol. The smallest absolute Gasteiger partial charge is 0.224 e. The second-order valence-electron chi connectivity index (χ2n) is 5.80. The number of imidazole rings is 1. The van der Waals surface area contributed by atoms with E-state index in [0.717, 1.165) is 21.9 Å². The highest BCUT2D eigenvalue weighted by molar-refractivity contribution is 7.71. The third kappa shape index (κ3) is 2.21. The zero-order valence-corrected chi connectivity index (χ0v) is 12.7. The van der Waals surface area contributed by atoms with E-state index in [4.69, 9.17) is 18.0 Å². The van der Waals surface area contributed by atoms with Crippen LogP contribution in [0, 0.1) is 10.2 Å². The van der Waals surface area contributed by atoms with Crippen molar-refractivity contribution in [2.45, 2.75) is 20.4 Å². The summed E-state index contributed by atoms with van der Waals surface area (Å²) >= 11 is 5.40. The highest BCUT2D eigenvalue weighted by Gasteiger charge is 2.27. The minimum absolute atomic E-state index is 0.350. The van der Waals surface area contributed by atoms with Gasteiger partial charge in [0.15, 0.2) is 4.77 Å². The third-order valence-corrected chi connectivity index (χ3v) is 4.05. The Balaban J connectivity index is 2.32. The van der Waals surface area contributed by atoms with Crippen molar-refractivity contribution in [2.24, 2.45) is 11.1 Å². The molecule has 0 aliphatic carbocycles. The zero-order chi connectivity index (χ0) is 15.2. The lowest BCUT2D eigenvalue weighted by Gasteiger charge is -2.21. The number of benzene rings is 1. The lowest BCUT2D eigenvalue weighted by atomic mass is 9.92. The quantitative estimate of drug-likeness (QED) is 0.730. The molecule has 3 N–H and O–H groups in total. The Hall–Kier alpha value is -2.21. The molecule has 0 saturated carbocycles. The Morgan fingerprint density at radius 3 is 2.86 bits per heavy atom. The average Bonchev–Trinajstić information content (AvgIpc) is 2.75. The standard InChI is InChI=1S/C15H16N4OS/c1-15(2,13(16)20)8-19-12-9-5-3-4-6-10(9)17-7-11(12)18-14(19)21/h3-7H,8H2,1-2H3,(H2,16,20)(H,18,21). The number of para-hydroxylation sites is 1. The van der Waals surface area contributed by atoms with Crippen LogP contribution >= 0.6 is 12.2 Å². The molecule has 0 unspecified atom stereocenters. The van der Waals surface area contributed by atoms with Crippen molar-refractivity contribution in [3.8, 4) is 0 Å². The number of fused-ring (bicyclic) bond motifs is 3. The normalized spacial score (nSPS) is 12.1. The van der Waals surface area contributed by atoms with E-state index in [2.05, 4.69) is 9.97 Å². The van der Waals surface area contributed by atoms with Gasteiger partial charge in [0.2, 0.25) is 5.91 Å². The number of amides is 1. The van der Waals surface area contributed by atoms with E-state index in [1.807, 2.05) is 42.7 Å². The lowest BCUT2D eigenvalue weighted by Crippen LogP contribution is -2.35. The number of carbonyl (C=O) groups is 1. The van der Waals surface area contributed by atoms with Gasteiger partial charge in [0, 0.05) is 11.9 Å². The van der Waals surface area contributed by atoms with E-state index in [9.17, 15) is 4.79 Å². The molecule has 2 heterocycles. The van der Waals surface area contributed by atoms with Crippen LogP contribution in [0.2, 0.25) is 0 Å². The first kappa shape index (κ1) is 13.8. The summed E-state index contributed by atoms with van der Waals surface area (Å²) in [5.74, 6) is -0.350. The van der Waals surface area contributed by atoms with Gasteiger partial charge in [0.05, 0.1) is 28.2 Å². The number of hydrogen-bond donors (Lipinski definition) is 2. The van der Waals surface area contributed by atoms with Gasteiger partial charge < -0.3 is 15.3 Å². The number of pyridine rings is 1. The van der Waals surface area contributed by atoms with E-state index in [1.54, 1.807) is 6.20 Å². The predicted molar refractivity (Wildman–Crippen MR) is 85.4 cm³/mol. The maximum absolute atomic E-state index is 11.6. The number of nitrogens with zero attached hydrogens (tertiary/aromatic N) is 2. The summed E-state index contributed by atoms with van der Waals surface area (Å²) < 4.78 is 2.50. The number of primary amides is 1. The third-order valence-electron chi connectivity index (χ3n) is 3.72. The summed E-state index contributed by atoms with van der Waals surface area (Å²) in [6.45, 7) is 4.06. The monoisotopic (exact) mass is 300 g/mol. The van der Waals surface area contributed by atoms with Crippen LogP contribution in [0.1, 0.15) is 13.8 Å². The molecule has 3 aromatic rings. The van der Waals surface area contributed by atoms with E-state index in [-0.39, 0.29) is 5.91 Å². The molecule has 0 fully saturated rings. The van der Waals surface area contributed by atoms with Crippen molar-refractivity contribution < 1.29 is 4.79 Å². The van der Waals surface area contributed by atoms with E-state index in [0.29, 0.717) is 11.3 Å². The number of nitrogens with one attached hydrogen (secondary N) is 1. The van der Waals surface area contributed by atoms with Gasteiger partial charge in [-0.1, -0.05) is 18.2 Å². The molecule has 108 valence electrons. The minimum atomic E-state index is -0.683. The molecular formula is C15H16N4OS. The number of carbonyl (C=O) groups excluding carboxylic acids is 1. The highest BCUT2D eigenvalue weighted by atomic mass is 32.1. The first-order valence-corrected chi connectivity index (χ1v) is 7.07. The van der Waals surface area contributed by atoms with Gasteiger partial charge in [0.1, 0.15) is 0 Å². The Morgan fingerprint density at radius 2 is 2.14 bits per heavy atom. The van der Waals surface area contributed by atoms with Crippen LogP contribution in [-0.4, -0.2) is 20.4 Å².